The second-order valence-corrected chi connectivity index (χ2v) is 6.84. The summed E-state index contributed by atoms with van der Waals surface area (Å²) in [5, 5.41) is 1.05. The van der Waals surface area contributed by atoms with E-state index < -0.39 is 47.4 Å². The first-order valence-electron chi connectivity index (χ1n) is 8.71. The highest BCUT2D eigenvalue weighted by Crippen LogP contribution is 2.60. The van der Waals surface area contributed by atoms with Gasteiger partial charge < -0.3 is 9.47 Å². The maximum Gasteiger partial charge on any atom is 0.455 e. The van der Waals surface area contributed by atoms with Crippen molar-refractivity contribution in [1.82, 2.24) is 10.0 Å². The lowest BCUT2D eigenvalue weighted by Crippen LogP contribution is -2.65. The molecule has 0 unspecified atom stereocenters. The van der Waals surface area contributed by atoms with E-state index in [-0.39, 0.29) is 23.5 Å². The number of halogens is 5. The van der Waals surface area contributed by atoms with Crippen LogP contribution in [0.1, 0.15) is 18.0 Å². The summed E-state index contributed by atoms with van der Waals surface area (Å²) in [6.07, 6.45) is -6.54. The fraction of sp³-hybridized carbons (Fsp3) is 0.500. The summed E-state index contributed by atoms with van der Waals surface area (Å²) in [6, 6.07) is 2.22. The number of alkyl halides is 5. The van der Waals surface area contributed by atoms with Crippen molar-refractivity contribution in [2.75, 3.05) is 20.8 Å². The van der Waals surface area contributed by atoms with Crippen LogP contribution in [0.15, 0.2) is 30.3 Å². The molecule has 2 heterocycles. The number of amides is 1. The molecule has 0 spiro atoms. The number of methoxy groups -OCH3 is 2. The topological polar surface area (TPSA) is 76.2 Å². The van der Waals surface area contributed by atoms with Gasteiger partial charge in [0.05, 0.1) is 20.3 Å². The van der Waals surface area contributed by atoms with E-state index in [1.807, 2.05) is 0 Å². The minimum Gasteiger partial charge on any atom is -0.468 e. The number of carbonyl (C=O) groups excluding carboxylic acids is 3. The van der Waals surface area contributed by atoms with Crippen LogP contribution in [0.5, 0.6) is 0 Å². The molecule has 0 aromatic heterocycles. The van der Waals surface area contributed by atoms with Crippen LogP contribution in [0.25, 0.3) is 0 Å². The van der Waals surface area contributed by atoms with Gasteiger partial charge in [0, 0.05) is 13.0 Å². The number of hydrazine groups is 1. The molecule has 0 N–H and O–H groups in total. The third-order valence-corrected chi connectivity index (χ3v) is 5.38. The lowest BCUT2D eigenvalue weighted by molar-refractivity contribution is -0.310. The standard InChI is InChI=1S/C18H17F5N2O5/c1-29-14(27)16(15(28)30-2)12(10-6-4-3-5-7-10)24-9-8-11(26)25(24)13(16)17(19,20)18(21,22)23/h3-7,12-13H,8-9H2,1-2H3/t12-,13+/m0/s1. The summed E-state index contributed by atoms with van der Waals surface area (Å²) in [7, 11) is 1.50. The van der Waals surface area contributed by atoms with E-state index in [1.54, 1.807) is 6.07 Å². The van der Waals surface area contributed by atoms with Gasteiger partial charge in [0.25, 0.3) is 0 Å². The van der Waals surface area contributed by atoms with E-state index in [0.717, 1.165) is 19.2 Å². The van der Waals surface area contributed by atoms with Gasteiger partial charge in [-0.1, -0.05) is 30.3 Å². The lowest BCUT2D eigenvalue weighted by Gasteiger charge is -2.38. The van der Waals surface area contributed by atoms with Gasteiger partial charge in [-0.25, -0.2) is 5.01 Å². The number of hydrogen-bond donors (Lipinski definition) is 0. The van der Waals surface area contributed by atoms with E-state index in [2.05, 4.69) is 9.47 Å². The Hall–Kier alpha value is -2.76. The third-order valence-electron chi connectivity index (χ3n) is 5.38. The Balaban J connectivity index is 2.41. The molecular weight excluding hydrogens is 419 g/mol. The molecule has 30 heavy (non-hydrogen) atoms. The summed E-state index contributed by atoms with van der Waals surface area (Å²) < 4.78 is 79.2. The van der Waals surface area contributed by atoms with Gasteiger partial charge in [0.2, 0.25) is 11.3 Å². The van der Waals surface area contributed by atoms with Gasteiger partial charge in [-0.3, -0.25) is 19.4 Å². The SMILES string of the molecule is COC(=O)C1(C(=O)OC)[C@H](c2ccccc2)N2CCC(=O)N2[C@H]1C(F)(F)C(F)(F)F. The Bertz CT molecular complexity index is 844. The lowest BCUT2D eigenvalue weighted by atomic mass is 9.70. The van der Waals surface area contributed by atoms with Crippen molar-refractivity contribution in [2.24, 2.45) is 5.41 Å². The Kier molecular flexibility index (Phi) is 5.25. The van der Waals surface area contributed by atoms with Crippen LogP contribution in [0, 0.1) is 5.41 Å². The highest BCUT2D eigenvalue weighted by Gasteiger charge is 2.82. The first-order valence-corrected chi connectivity index (χ1v) is 8.71. The number of carbonyl (C=O) groups is 3. The minimum atomic E-state index is -6.18. The summed E-state index contributed by atoms with van der Waals surface area (Å²) in [4.78, 5) is 38.1. The molecule has 1 aromatic carbocycles. The predicted octanol–water partition coefficient (Wildman–Crippen LogP) is 2.09. The van der Waals surface area contributed by atoms with Crippen molar-refractivity contribution in [3.05, 3.63) is 35.9 Å². The molecule has 1 aromatic rings. The highest BCUT2D eigenvalue weighted by atomic mass is 19.4. The van der Waals surface area contributed by atoms with Gasteiger partial charge in [0.1, 0.15) is 0 Å². The van der Waals surface area contributed by atoms with E-state index in [0.29, 0.717) is 0 Å². The number of fused-ring (bicyclic) bond motifs is 1. The Labute approximate surface area is 167 Å². The van der Waals surface area contributed by atoms with Crippen LogP contribution < -0.4 is 0 Å². The molecule has 2 fully saturated rings. The fourth-order valence-electron chi connectivity index (χ4n) is 4.23. The maximum atomic E-state index is 14.9. The number of ether oxygens (including phenoxy) is 2. The van der Waals surface area contributed by atoms with Crippen molar-refractivity contribution in [3.8, 4) is 0 Å². The minimum absolute atomic E-state index is 0.0634. The average molecular weight is 436 g/mol. The molecular formula is C18H17F5N2O5. The van der Waals surface area contributed by atoms with Crippen molar-refractivity contribution in [2.45, 2.75) is 30.6 Å². The summed E-state index contributed by atoms with van der Waals surface area (Å²) in [5.74, 6) is -10.1. The first-order chi connectivity index (χ1) is 14.0. The highest BCUT2D eigenvalue weighted by molar-refractivity contribution is 6.04. The van der Waals surface area contributed by atoms with Crippen molar-refractivity contribution >= 4 is 17.8 Å². The molecule has 0 aliphatic carbocycles. The monoisotopic (exact) mass is 436 g/mol. The second kappa shape index (κ2) is 7.18. The molecule has 164 valence electrons. The van der Waals surface area contributed by atoms with Crippen LogP contribution >= 0.6 is 0 Å². The number of hydrogen-bond acceptors (Lipinski definition) is 6. The van der Waals surface area contributed by atoms with Crippen LogP contribution in [-0.2, 0) is 23.9 Å². The third kappa shape index (κ3) is 2.76. The first kappa shape index (κ1) is 21.9. The van der Waals surface area contributed by atoms with E-state index in [9.17, 15) is 36.3 Å². The molecule has 2 aliphatic rings. The zero-order valence-corrected chi connectivity index (χ0v) is 15.8. The number of nitrogens with zero attached hydrogens (tertiary/aromatic N) is 2. The number of esters is 2. The molecule has 2 saturated heterocycles. The Morgan fingerprint density at radius 1 is 1.03 bits per heavy atom. The van der Waals surface area contributed by atoms with Gasteiger partial charge >= 0.3 is 24.0 Å². The molecule has 0 saturated carbocycles. The van der Waals surface area contributed by atoms with E-state index in [4.69, 9.17) is 0 Å². The van der Waals surface area contributed by atoms with Gasteiger partial charge in [-0.2, -0.15) is 22.0 Å². The molecule has 3 rings (SSSR count). The van der Waals surface area contributed by atoms with Gasteiger partial charge in [0.15, 0.2) is 6.04 Å². The van der Waals surface area contributed by atoms with Gasteiger partial charge in [-0.05, 0) is 5.56 Å². The Morgan fingerprint density at radius 3 is 2.03 bits per heavy atom. The van der Waals surface area contributed by atoms with E-state index in [1.165, 1.54) is 24.3 Å². The molecule has 1 amide bonds. The average Bonchev–Trinajstić information content (AvgIpc) is 3.22. The van der Waals surface area contributed by atoms with Crippen LogP contribution in [0.4, 0.5) is 22.0 Å². The quantitative estimate of drug-likeness (QED) is 0.409. The van der Waals surface area contributed by atoms with Gasteiger partial charge in [-0.15, -0.1) is 0 Å². The Morgan fingerprint density at radius 2 is 1.57 bits per heavy atom. The van der Waals surface area contributed by atoms with Crippen LogP contribution in [0.2, 0.25) is 0 Å². The van der Waals surface area contributed by atoms with Crippen LogP contribution in [0.3, 0.4) is 0 Å². The van der Waals surface area contributed by atoms with Crippen LogP contribution in [-0.4, -0.2) is 66.8 Å². The van der Waals surface area contributed by atoms with E-state index >= 15 is 0 Å². The van der Waals surface area contributed by atoms with Crippen molar-refractivity contribution in [1.29, 1.82) is 0 Å². The molecule has 0 bridgehead atoms. The molecule has 7 nitrogen and oxygen atoms in total. The molecule has 12 heteroatoms. The zero-order chi connectivity index (χ0) is 22.5. The summed E-state index contributed by atoms with van der Waals surface area (Å²) >= 11 is 0. The predicted molar refractivity (Wildman–Crippen MR) is 88.6 cm³/mol. The second-order valence-electron chi connectivity index (χ2n) is 6.84. The fourth-order valence-corrected chi connectivity index (χ4v) is 4.23. The molecule has 2 aliphatic heterocycles. The maximum absolute atomic E-state index is 14.9. The van der Waals surface area contributed by atoms with Crippen molar-refractivity contribution in [3.63, 3.8) is 0 Å². The summed E-state index contributed by atoms with van der Waals surface area (Å²) in [6.45, 7) is -0.279. The normalized spacial score (nSPS) is 24.0. The largest absolute Gasteiger partial charge is 0.468 e. The molecule has 2 atom stereocenters. The molecule has 0 radical (unpaired) electrons. The van der Waals surface area contributed by atoms with Crippen molar-refractivity contribution < 1.29 is 45.8 Å². The smallest absolute Gasteiger partial charge is 0.455 e. The number of benzene rings is 1. The zero-order valence-electron chi connectivity index (χ0n) is 15.8. The summed E-state index contributed by atoms with van der Waals surface area (Å²) in [5.41, 5.74) is -3.13. The number of rotatable bonds is 4.